The van der Waals surface area contributed by atoms with Gasteiger partial charge in [-0.3, -0.25) is 4.79 Å². The Morgan fingerprint density at radius 1 is 1.43 bits per heavy atom. The molecular formula is C17H19ClN2O3. The van der Waals surface area contributed by atoms with E-state index in [-0.39, 0.29) is 11.8 Å². The van der Waals surface area contributed by atoms with Gasteiger partial charge in [0.2, 0.25) is 5.91 Å². The fraction of sp³-hybridized carbons (Fsp3) is 0.412. The lowest BCUT2D eigenvalue weighted by molar-refractivity contribution is -0.129. The van der Waals surface area contributed by atoms with Crippen LogP contribution >= 0.6 is 11.6 Å². The number of carbonyl (C=O) groups is 1. The number of rotatable bonds is 6. The number of aromatic nitrogens is 1. The molecule has 5 nitrogen and oxygen atoms in total. The number of amides is 1. The van der Waals surface area contributed by atoms with Gasteiger partial charge in [0.15, 0.2) is 5.89 Å². The molecule has 0 saturated carbocycles. The SMILES string of the molecule is Cc1nc(CCN(Cc2cccc3c2OCC3)C(=O)CCl)co1. The number of para-hydroxylation sites is 1. The Morgan fingerprint density at radius 3 is 3.04 bits per heavy atom. The Labute approximate surface area is 140 Å². The molecule has 0 radical (unpaired) electrons. The fourth-order valence-electron chi connectivity index (χ4n) is 2.76. The summed E-state index contributed by atoms with van der Waals surface area (Å²) in [5.74, 6) is 1.41. The Hall–Kier alpha value is -2.01. The summed E-state index contributed by atoms with van der Waals surface area (Å²) in [5.41, 5.74) is 3.06. The van der Waals surface area contributed by atoms with Gasteiger partial charge in [0.25, 0.3) is 0 Å². The summed E-state index contributed by atoms with van der Waals surface area (Å²) < 4.78 is 10.9. The number of oxazole rings is 1. The highest BCUT2D eigenvalue weighted by molar-refractivity contribution is 6.27. The number of carbonyl (C=O) groups excluding carboxylic acids is 1. The van der Waals surface area contributed by atoms with E-state index in [0.717, 1.165) is 23.4 Å². The molecule has 122 valence electrons. The molecule has 0 atom stereocenters. The fourth-order valence-corrected chi connectivity index (χ4v) is 2.93. The lowest BCUT2D eigenvalue weighted by Crippen LogP contribution is -2.33. The number of benzene rings is 1. The number of nitrogens with zero attached hydrogens (tertiary/aromatic N) is 2. The third kappa shape index (κ3) is 3.67. The van der Waals surface area contributed by atoms with Crippen molar-refractivity contribution in [2.75, 3.05) is 19.0 Å². The van der Waals surface area contributed by atoms with Crippen LogP contribution < -0.4 is 4.74 Å². The summed E-state index contributed by atoms with van der Waals surface area (Å²) in [7, 11) is 0. The highest BCUT2D eigenvalue weighted by atomic mass is 35.5. The zero-order valence-corrected chi connectivity index (χ0v) is 13.8. The summed E-state index contributed by atoms with van der Waals surface area (Å²) in [5, 5.41) is 0. The first-order valence-corrected chi connectivity index (χ1v) is 8.19. The molecule has 1 aromatic heterocycles. The first-order valence-electron chi connectivity index (χ1n) is 7.65. The average molecular weight is 335 g/mol. The van der Waals surface area contributed by atoms with Crippen molar-refractivity contribution in [3.05, 3.63) is 47.2 Å². The molecule has 1 amide bonds. The van der Waals surface area contributed by atoms with E-state index >= 15 is 0 Å². The molecule has 0 unspecified atom stereocenters. The number of halogens is 1. The van der Waals surface area contributed by atoms with Gasteiger partial charge in [0, 0.05) is 38.4 Å². The predicted molar refractivity (Wildman–Crippen MR) is 86.7 cm³/mol. The van der Waals surface area contributed by atoms with Crippen molar-refractivity contribution in [3.8, 4) is 5.75 Å². The number of hydrogen-bond acceptors (Lipinski definition) is 4. The van der Waals surface area contributed by atoms with E-state index in [1.54, 1.807) is 18.1 Å². The Kier molecular flexibility index (Phi) is 4.86. The minimum Gasteiger partial charge on any atom is -0.493 e. The van der Waals surface area contributed by atoms with Crippen LogP contribution in [-0.2, 0) is 24.2 Å². The third-order valence-corrected chi connectivity index (χ3v) is 4.16. The molecule has 1 aliphatic rings. The summed E-state index contributed by atoms with van der Waals surface area (Å²) >= 11 is 5.76. The van der Waals surface area contributed by atoms with Crippen LogP contribution in [0.2, 0.25) is 0 Å². The van der Waals surface area contributed by atoms with Crippen molar-refractivity contribution in [1.29, 1.82) is 0 Å². The van der Waals surface area contributed by atoms with Gasteiger partial charge in [0.05, 0.1) is 12.3 Å². The van der Waals surface area contributed by atoms with E-state index in [9.17, 15) is 4.79 Å². The zero-order valence-electron chi connectivity index (χ0n) is 13.0. The molecule has 1 aliphatic heterocycles. The van der Waals surface area contributed by atoms with Crippen molar-refractivity contribution in [1.82, 2.24) is 9.88 Å². The second kappa shape index (κ2) is 7.04. The van der Waals surface area contributed by atoms with Gasteiger partial charge in [-0.15, -0.1) is 11.6 Å². The van der Waals surface area contributed by atoms with Gasteiger partial charge in [-0.25, -0.2) is 4.98 Å². The van der Waals surface area contributed by atoms with Crippen molar-refractivity contribution in [2.24, 2.45) is 0 Å². The molecule has 0 spiro atoms. The van der Waals surface area contributed by atoms with Crippen LogP contribution in [0.15, 0.2) is 28.9 Å². The maximum atomic E-state index is 12.2. The van der Waals surface area contributed by atoms with Gasteiger partial charge in [-0.05, 0) is 5.56 Å². The zero-order chi connectivity index (χ0) is 16.2. The van der Waals surface area contributed by atoms with Crippen molar-refractivity contribution in [3.63, 3.8) is 0 Å². The monoisotopic (exact) mass is 334 g/mol. The second-order valence-corrected chi connectivity index (χ2v) is 5.83. The van der Waals surface area contributed by atoms with Gasteiger partial charge < -0.3 is 14.1 Å². The normalized spacial score (nSPS) is 12.8. The van der Waals surface area contributed by atoms with Crippen LogP contribution in [0.4, 0.5) is 0 Å². The first kappa shape index (κ1) is 15.9. The summed E-state index contributed by atoms with van der Waals surface area (Å²) in [6.07, 6.45) is 3.18. The van der Waals surface area contributed by atoms with Gasteiger partial charge in [0.1, 0.15) is 17.9 Å². The molecule has 0 bridgehead atoms. The number of aryl methyl sites for hydroxylation is 1. The highest BCUT2D eigenvalue weighted by Crippen LogP contribution is 2.30. The largest absolute Gasteiger partial charge is 0.493 e. The number of hydrogen-bond donors (Lipinski definition) is 0. The molecule has 0 saturated heterocycles. The summed E-state index contributed by atoms with van der Waals surface area (Å²) in [6, 6.07) is 6.07. The lowest BCUT2D eigenvalue weighted by Gasteiger charge is -2.22. The van der Waals surface area contributed by atoms with Gasteiger partial charge in [-0.2, -0.15) is 0 Å². The minimum absolute atomic E-state index is 0.0340. The molecule has 2 aromatic rings. The standard InChI is InChI=1S/C17H19ClN2O3/c1-12-19-15(11-23-12)5-7-20(16(21)9-18)10-14-4-2-3-13-6-8-22-17(13)14/h2-4,11H,5-10H2,1H3. The number of fused-ring (bicyclic) bond motifs is 1. The summed E-state index contributed by atoms with van der Waals surface area (Å²) in [4.78, 5) is 18.2. The molecule has 2 heterocycles. The number of ether oxygens (including phenoxy) is 1. The van der Waals surface area contributed by atoms with Gasteiger partial charge >= 0.3 is 0 Å². The van der Waals surface area contributed by atoms with E-state index in [2.05, 4.69) is 11.1 Å². The molecule has 0 fully saturated rings. The average Bonchev–Trinajstić information content (AvgIpc) is 3.19. The molecule has 23 heavy (non-hydrogen) atoms. The van der Waals surface area contributed by atoms with Crippen LogP contribution in [0.25, 0.3) is 0 Å². The maximum absolute atomic E-state index is 12.2. The van der Waals surface area contributed by atoms with Crippen LogP contribution in [0.1, 0.15) is 22.7 Å². The van der Waals surface area contributed by atoms with Crippen LogP contribution in [-0.4, -0.2) is 34.8 Å². The molecular weight excluding hydrogens is 316 g/mol. The summed E-state index contributed by atoms with van der Waals surface area (Å²) in [6.45, 7) is 3.54. The smallest absolute Gasteiger partial charge is 0.237 e. The van der Waals surface area contributed by atoms with Crippen molar-refractivity contribution in [2.45, 2.75) is 26.3 Å². The molecule has 0 aliphatic carbocycles. The topological polar surface area (TPSA) is 55.6 Å². The molecule has 0 N–H and O–H groups in total. The maximum Gasteiger partial charge on any atom is 0.237 e. The Bertz CT molecular complexity index is 699. The van der Waals surface area contributed by atoms with E-state index in [0.29, 0.717) is 32.0 Å². The highest BCUT2D eigenvalue weighted by Gasteiger charge is 2.20. The predicted octanol–water partition coefficient (Wildman–Crippen LogP) is 2.73. The number of alkyl halides is 1. The van der Waals surface area contributed by atoms with E-state index in [1.807, 2.05) is 12.1 Å². The molecule has 1 aromatic carbocycles. The van der Waals surface area contributed by atoms with Crippen molar-refractivity contribution < 1.29 is 13.9 Å². The Morgan fingerprint density at radius 2 is 2.30 bits per heavy atom. The first-order chi connectivity index (χ1) is 11.2. The van der Waals surface area contributed by atoms with E-state index in [1.165, 1.54) is 5.56 Å². The van der Waals surface area contributed by atoms with E-state index < -0.39 is 0 Å². The van der Waals surface area contributed by atoms with Gasteiger partial charge in [-0.1, -0.05) is 18.2 Å². The van der Waals surface area contributed by atoms with Crippen LogP contribution in [0.3, 0.4) is 0 Å². The van der Waals surface area contributed by atoms with Crippen molar-refractivity contribution >= 4 is 17.5 Å². The van der Waals surface area contributed by atoms with Crippen LogP contribution in [0, 0.1) is 6.92 Å². The minimum atomic E-state index is -0.0949. The molecule has 6 heteroatoms. The Balaban J connectivity index is 1.72. The van der Waals surface area contributed by atoms with E-state index in [4.69, 9.17) is 20.8 Å². The van der Waals surface area contributed by atoms with Crippen LogP contribution in [0.5, 0.6) is 5.75 Å². The lowest BCUT2D eigenvalue weighted by atomic mass is 10.1. The third-order valence-electron chi connectivity index (χ3n) is 3.93. The quantitative estimate of drug-likeness (QED) is 0.762. The molecule has 3 rings (SSSR count). The second-order valence-electron chi connectivity index (χ2n) is 5.56.